The molecule has 4 aromatic carbocycles. The molecule has 236 valence electrons. The van der Waals surface area contributed by atoms with Crippen molar-refractivity contribution in [2.24, 2.45) is 5.73 Å². The number of nitrogens with one attached hydrogen (secondary N) is 1. The predicted octanol–water partition coefficient (Wildman–Crippen LogP) is 6.22. The maximum absolute atomic E-state index is 16.5. The van der Waals surface area contributed by atoms with Gasteiger partial charge in [0.15, 0.2) is 6.04 Å². The molecule has 4 aromatic rings. The minimum absolute atomic E-state index is 0.145. The first-order valence-corrected chi connectivity index (χ1v) is 16.9. The number of nitrogens with two attached hydrogens (primary N) is 1. The minimum atomic E-state index is -4.56. The molecule has 0 unspecified atom stereocenters. The van der Waals surface area contributed by atoms with Crippen molar-refractivity contribution in [2.45, 2.75) is 67.5 Å². The Morgan fingerprint density at radius 2 is 1.51 bits per heavy atom. The fourth-order valence-corrected chi connectivity index (χ4v) is 7.37. The zero-order valence-corrected chi connectivity index (χ0v) is 25.7. The van der Waals surface area contributed by atoms with E-state index in [1.165, 1.54) is 35.2 Å². The molecule has 1 aliphatic heterocycles. The van der Waals surface area contributed by atoms with E-state index in [4.69, 9.17) is 10.5 Å². The molecule has 45 heavy (non-hydrogen) atoms. The summed E-state index contributed by atoms with van der Waals surface area (Å²) in [7, 11) is -4.56. The first kappa shape index (κ1) is 31.1. The molecular weight excluding hydrogens is 596 g/mol. The van der Waals surface area contributed by atoms with Crippen molar-refractivity contribution < 1.29 is 26.7 Å². The third kappa shape index (κ3) is 6.88. The van der Waals surface area contributed by atoms with E-state index in [1.54, 1.807) is 48.5 Å². The third-order valence-electron chi connectivity index (χ3n) is 8.79. The lowest BCUT2D eigenvalue weighted by Gasteiger charge is -2.35. The standard InChI is InChI=1S/C35H37F2N3O4S/c36-35(37,28-10-6-9-25(21-28)24-7-2-1-3-8-24)33(34(41)40-19-17-29(38)18-20-40)39-45(42,43)32-16-14-26-22-31(15-13-27(26)23-32)44-30-11-4-5-12-30/h1-3,6-10,13-16,21-23,29-30,33,39H,4-5,11-12,17-20,38H2/t33-/m1/s1. The molecule has 1 atom stereocenters. The number of piperidine rings is 1. The number of carbonyl (C=O) groups is 1. The van der Waals surface area contributed by atoms with Crippen molar-refractivity contribution >= 4 is 26.7 Å². The largest absolute Gasteiger partial charge is 0.490 e. The number of halogens is 2. The fourth-order valence-electron chi connectivity index (χ4n) is 6.15. The number of likely N-dealkylation sites (tertiary alicyclic amines) is 1. The first-order chi connectivity index (χ1) is 21.6. The summed E-state index contributed by atoms with van der Waals surface area (Å²) in [5.41, 5.74) is 6.77. The number of fused-ring (bicyclic) bond motifs is 1. The Hall–Kier alpha value is -3.86. The molecule has 1 amide bonds. The number of carbonyl (C=O) groups excluding carboxylic acids is 1. The highest BCUT2D eigenvalue weighted by molar-refractivity contribution is 7.89. The second kappa shape index (κ2) is 12.9. The molecule has 1 aliphatic carbocycles. The van der Waals surface area contributed by atoms with Gasteiger partial charge in [-0.05, 0) is 90.8 Å². The van der Waals surface area contributed by atoms with Gasteiger partial charge in [-0.2, -0.15) is 13.5 Å². The van der Waals surface area contributed by atoms with E-state index in [0.717, 1.165) is 36.6 Å². The predicted molar refractivity (Wildman–Crippen MR) is 171 cm³/mol. The van der Waals surface area contributed by atoms with Gasteiger partial charge in [0, 0.05) is 24.7 Å². The van der Waals surface area contributed by atoms with Crippen LogP contribution in [0, 0.1) is 0 Å². The van der Waals surface area contributed by atoms with Crippen LogP contribution in [-0.4, -0.2) is 50.5 Å². The zero-order valence-electron chi connectivity index (χ0n) is 24.9. The van der Waals surface area contributed by atoms with Crippen LogP contribution in [0.3, 0.4) is 0 Å². The molecule has 0 aromatic heterocycles. The maximum atomic E-state index is 16.5. The van der Waals surface area contributed by atoms with E-state index < -0.39 is 33.5 Å². The van der Waals surface area contributed by atoms with Crippen LogP contribution in [0.5, 0.6) is 5.75 Å². The van der Waals surface area contributed by atoms with Gasteiger partial charge in [0.05, 0.1) is 11.0 Å². The smallest absolute Gasteiger partial charge is 0.298 e. The number of hydrogen-bond donors (Lipinski definition) is 2. The molecule has 0 spiro atoms. The van der Waals surface area contributed by atoms with Crippen molar-refractivity contribution in [3.63, 3.8) is 0 Å². The number of sulfonamides is 1. The Morgan fingerprint density at radius 3 is 2.24 bits per heavy atom. The van der Waals surface area contributed by atoms with Gasteiger partial charge in [0.1, 0.15) is 5.75 Å². The van der Waals surface area contributed by atoms with Crippen molar-refractivity contribution in [1.29, 1.82) is 0 Å². The van der Waals surface area contributed by atoms with Gasteiger partial charge >= 0.3 is 0 Å². The van der Waals surface area contributed by atoms with Crippen molar-refractivity contribution in [1.82, 2.24) is 9.62 Å². The van der Waals surface area contributed by atoms with Crippen LogP contribution in [0.2, 0.25) is 0 Å². The van der Waals surface area contributed by atoms with Gasteiger partial charge in [0.2, 0.25) is 15.9 Å². The average Bonchev–Trinajstić information content (AvgIpc) is 3.57. The SMILES string of the molecule is NC1CCN(C(=O)[C@@H](NS(=O)(=O)c2ccc3cc(OC4CCCC4)ccc3c2)C(F)(F)c2cccc(-c3ccccc3)c2)CC1. The van der Waals surface area contributed by atoms with Crippen LogP contribution >= 0.6 is 0 Å². The van der Waals surface area contributed by atoms with Crippen LogP contribution in [-0.2, 0) is 20.7 Å². The lowest BCUT2D eigenvalue weighted by atomic mass is 9.95. The van der Waals surface area contributed by atoms with E-state index in [1.807, 2.05) is 12.1 Å². The highest BCUT2D eigenvalue weighted by atomic mass is 32.2. The molecule has 10 heteroatoms. The van der Waals surface area contributed by atoms with Crippen molar-refractivity contribution in [3.05, 3.63) is 96.6 Å². The van der Waals surface area contributed by atoms with E-state index in [0.29, 0.717) is 29.5 Å². The molecule has 2 fully saturated rings. The normalized spacial score (nSPS) is 17.4. The number of rotatable bonds is 9. The number of ether oxygens (including phenoxy) is 1. The Bertz CT molecular complexity index is 1770. The average molecular weight is 634 g/mol. The van der Waals surface area contributed by atoms with Gasteiger partial charge in [0.25, 0.3) is 5.92 Å². The monoisotopic (exact) mass is 633 g/mol. The lowest BCUT2D eigenvalue weighted by molar-refractivity contribution is -0.145. The molecule has 1 heterocycles. The summed E-state index contributed by atoms with van der Waals surface area (Å²) in [5.74, 6) is -4.17. The van der Waals surface area contributed by atoms with Gasteiger partial charge in [-0.25, -0.2) is 8.42 Å². The molecule has 2 aliphatic rings. The highest BCUT2D eigenvalue weighted by Gasteiger charge is 2.50. The van der Waals surface area contributed by atoms with Gasteiger partial charge in [-0.15, -0.1) is 0 Å². The van der Waals surface area contributed by atoms with E-state index in [2.05, 4.69) is 4.72 Å². The molecule has 1 saturated heterocycles. The molecule has 0 radical (unpaired) electrons. The second-order valence-corrected chi connectivity index (χ2v) is 13.7. The summed E-state index contributed by atoms with van der Waals surface area (Å²) < 4.78 is 68.6. The quantitative estimate of drug-likeness (QED) is 0.228. The number of benzene rings is 4. The topological polar surface area (TPSA) is 102 Å². The number of nitrogens with zero attached hydrogens (tertiary/aromatic N) is 1. The maximum Gasteiger partial charge on any atom is 0.298 e. The van der Waals surface area contributed by atoms with Crippen LogP contribution in [0.1, 0.15) is 44.1 Å². The minimum Gasteiger partial charge on any atom is -0.490 e. The Balaban J connectivity index is 1.31. The zero-order chi connectivity index (χ0) is 31.6. The Morgan fingerprint density at radius 1 is 0.844 bits per heavy atom. The summed E-state index contributed by atoms with van der Waals surface area (Å²) >= 11 is 0. The number of alkyl halides is 2. The Labute approximate surface area is 262 Å². The Kier molecular flexibility index (Phi) is 8.90. The summed E-state index contributed by atoms with van der Waals surface area (Å²) in [6.07, 6.45) is 5.34. The highest BCUT2D eigenvalue weighted by Crippen LogP contribution is 2.37. The van der Waals surface area contributed by atoms with E-state index >= 15 is 8.78 Å². The van der Waals surface area contributed by atoms with Gasteiger partial charge in [-0.3, -0.25) is 4.79 Å². The van der Waals surface area contributed by atoms with Gasteiger partial charge in [-0.1, -0.05) is 60.7 Å². The molecule has 0 bridgehead atoms. The van der Waals surface area contributed by atoms with Crippen LogP contribution in [0.25, 0.3) is 21.9 Å². The summed E-state index contributed by atoms with van der Waals surface area (Å²) in [5, 5.41) is 1.36. The fraction of sp³-hybridized carbons (Fsp3) is 0.343. The lowest BCUT2D eigenvalue weighted by Crippen LogP contribution is -2.58. The van der Waals surface area contributed by atoms with E-state index in [-0.39, 0.29) is 30.1 Å². The van der Waals surface area contributed by atoms with Crippen LogP contribution in [0.4, 0.5) is 8.78 Å². The van der Waals surface area contributed by atoms with E-state index in [9.17, 15) is 13.2 Å². The third-order valence-corrected chi connectivity index (χ3v) is 10.2. The van der Waals surface area contributed by atoms with Crippen LogP contribution in [0.15, 0.2) is 95.9 Å². The van der Waals surface area contributed by atoms with Gasteiger partial charge < -0.3 is 15.4 Å². The first-order valence-electron chi connectivity index (χ1n) is 15.4. The molecule has 1 saturated carbocycles. The summed E-state index contributed by atoms with van der Waals surface area (Å²) in [4.78, 5) is 14.8. The number of amides is 1. The molecule has 7 nitrogen and oxygen atoms in total. The molecule has 3 N–H and O–H groups in total. The number of hydrogen-bond acceptors (Lipinski definition) is 5. The van der Waals surface area contributed by atoms with Crippen LogP contribution < -0.4 is 15.2 Å². The molecular formula is C35H37F2N3O4S. The molecule has 6 rings (SSSR count). The van der Waals surface area contributed by atoms with Crippen molar-refractivity contribution in [3.8, 4) is 16.9 Å². The summed E-state index contributed by atoms with van der Waals surface area (Å²) in [6.45, 7) is 0.333. The van der Waals surface area contributed by atoms with Crippen molar-refractivity contribution in [2.75, 3.05) is 13.1 Å². The summed E-state index contributed by atoms with van der Waals surface area (Å²) in [6, 6.07) is 22.0. The second-order valence-electron chi connectivity index (χ2n) is 12.0.